The number of ether oxygens (including phenoxy) is 1. The molecule has 2 amide bonds. The minimum atomic E-state index is -0.685. The Bertz CT molecular complexity index is 1100. The van der Waals surface area contributed by atoms with E-state index in [9.17, 15) is 9.59 Å². The van der Waals surface area contributed by atoms with Crippen LogP contribution in [-0.2, 0) is 16.1 Å². The molecule has 1 fully saturated rings. The van der Waals surface area contributed by atoms with Gasteiger partial charge in [0.15, 0.2) is 0 Å². The summed E-state index contributed by atoms with van der Waals surface area (Å²) < 4.78 is 5.41. The van der Waals surface area contributed by atoms with E-state index in [1.54, 1.807) is 17.2 Å². The minimum Gasteiger partial charge on any atom is -0.395 e. The van der Waals surface area contributed by atoms with Gasteiger partial charge in [0.25, 0.3) is 5.91 Å². The van der Waals surface area contributed by atoms with Gasteiger partial charge in [-0.05, 0) is 29.9 Å². The summed E-state index contributed by atoms with van der Waals surface area (Å²) in [5.41, 5.74) is 2.12. The lowest BCUT2D eigenvalue weighted by Gasteiger charge is -2.36. The van der Waals surface area contributed by atoms with Crippen LogP contribution in [0, 0.1) is 5.41 Å². The first-order chi connectivity index (χ1) is 16.7. The Morgan fingerprint density at radius 2 is 2.06 bits per heavy atom. The highest BCUT2D eigenvalue weighted by Crippen LogP contribution is 2.35. The molecule has 2 aromatic rings. The lowest BCUT2D eigenvalue weighted by molar-refractivity contribution is -0.129. The first kappa shape index (κ1) is 25.3. The Balaban J connectivity index is 1.60. The summed E-state index contributed by atoms with van der Waals surface area (Å²) in [5, 5.41) is 15.6. The van der Waals surface area contributed by atoms with Crippen LogP contribution in [0.4, 0.5) is 5.95 Å². The van der Waals surface area contributed by atoms with Gasteiger partial charge in [-0.25, -0.2) is 9.97 Å². The molecule has 2 aliphatic rings. The number of nitrogens with one attached hydrogen (secondary N) is 2. The summed E-state index contributed by atoms with van der Waals surface area (Å²) in [4.78, 5) is 36.9. The third kappa shape index (κ3) is 5.58. The average Bonchev–Trinajstić information content (AvgIpc) is 3.14. The first-order valence-electron chi connectivity index (χ1n) is 11.9. The van der Waals surface area contributed by atoms with Crippen LogP contribution >= 0.6 is 11.6 Å². The zero-order valence-corrected chi connectivity index (χ0v) is 21.1. The normalized spacial score (nSPS) is 17.3. The number of hydrogen-bond donors (Lipinski definition) is 3. The third-order valence-electron chi connectivity index (χ3n) is 6.31. The second-order valence-electron chi connectivity index (χ2n) is 10.0. The predicted molar refractivity (Wildman–Crippen MR) is 133 cm³/mol. The standard InChI is InChI=1S/C25H32ClN5O4/c1-25(2,3)21(22(33)27-8-9-32)31-14-16-5-4-15(12-18(16)23(31)34)20-19(26)13-28-24(30-20)29-17-6-10-35-11-7-17/h4-5,12-13,17,21,32H,6-11,14H2,1-3H3,(H,27,33)(H,28,29,30). The van der Waals surface area contributed by atoms with Crippen molar-refractivity contribution < 1.29 is 19.4 Å². The highest BCUT2D eigenvalue weighted by atomic mass is 35.5. The number of fused-ring (bicyclic) bond motifs is 1. The van der Waals surface area contributed by atoms with Gasteiger partial charge in [-0.15, -0.1) is 0 Å². The summed E-state index contributed by atoms with van der Waals surface area (Å²) in [6, 6.07) is 5.11. The van der Waals surface area contributed by atoms with Gasteiger partial charge in [-0.1, -0.05) is 44.5 Å². The highest BCUT2D eigenvalue weighted by Gasteiger charge is 2.42. The Kier molecular flexibility index (Phi) is 7.59. The molecular weight excluding hydrogens is 470 g/mol. The number of benzene rings is 1. The fourth-order valence-electron chi connectivity index (χ4n) is 4.62. The lowest BCUT2D eigenvalue weighted by Crippen LogP contribution is -2.54. The van der Waals surface area contributed by atoms with E-state index in [1.807, 2.05) is 32.9 Å². The van der Waals surface area contributed by atoms with Gasteiger partial charge in [0, 0.05) is 43.5 Å². The molecular formula is C25H32ClN5O4. The van der Waals surface area contributed by atoms with Crippen LogP contribution in [0.1, 0.15) is 49.5 Å². The lowest BCUT2D eigenvalue weighted by atomic mass is 9.85. The largest absolute Gasteiger partial charge is 0.395 e. The summed E-state index contributed by atoms with van der Waals surface area (Å²) in [7, 11) is 0. The van der Waals surface area contributed by atoms with Gasteiger partial charge in [-0.2, -0.15) is 0 Å². The van der Waals surface area contributed by atoms with E-state index in [-0.39, 0.29) is 31.0 Å². The third-order valence-corrected chi connectivity index (χ3v) is 6.58. The average molecular weight is 502 g/mol. The molecule has 35 heavy (non-hydrogen) atoms. The zero-order chi connectivity index (χ0) is 25.2. The van der Waals surface area contributed by atoms with Crippen molar-refractivity contribution in [3.63, 3.8) is 0 Å². The molecule has 3 heterocycles. The van der Waals surface area contributed by atoms with Crippen LogP contribution in [0.3, 0.4) is 0 Å². The summed E-state index contributed by atoms with van der Waals surface area (Å²) in [5.74, 6) is -0.0136. The second kappa shape index (κ2) is 10.5. The number of nitrogens with zero attached hydrogens (tertiary/aromatic N) is 3. The van der Waals surface area contributed by atoms with Crippen molar-refractivity contribution in [1.29, 1.82) is 0 Å². The van der Waals surface area contributed by atoms with Gasteiger partial charge in [0.2, 0.25) is 11.9 Å². The number of aliphatic hydroxyl groups is 1. The van der Waals surface area contributed by atoms with Gasteiger partial charge in [-0.3, -0.25) is 9.59 Å². The molecule has 1 aromatic carbocycles. The van der Waals surface area contributed by atoms with E-state index >= 15 is 0 Å². The molecule has 0 radical (unpaired) electrons. The molecule has 1 aromatic heterocycles. The van der Waals surface area contributed by atoms with E-state index < -0.39 is 11.5 Å². The molecule has 188 valence electrons. The zero-order valence-electron chi connectivity index (χ0n) is 20.3. The minimum absolute atomic E-state index is 0.140. The van der Waals surface area contributed by atoms with Crippen LogP contribution in [0.5, 0.6) is 0 Å². The monoisotopic (exact) mass is 501 g/mol. The molecule has 1 atom stereocenters. The van der Waals surface area contributed by atoms with Gasteiger partial charge in [0.05, 0.1) is 23.5 Å². The van der Waals surface area contributed by atoms with Crippen molar-refractivity contribution in [3.05, 3.63) is 40.5 Å². The number of amides is 2. The molecule has 0 bridgehead atoms. The number of rotatable bonds is 7. The molecule has 3 N–H and O–H groups in total. The smallest absolute Gasteiger partial charge is 0.255 e. The van der Waals surface area contributed by atoms with Gasteiger partial charge in [0.1, 0.15) is 6.04 Å². The molecule has 1 unspecified atom stereocenters. The van der Waals surface area contributed by atoms with E-state index in [4.69, 9.17) is 21.4 Å². The van der Waals surface area contributed by atoms with Crippen molar-refractivity contribution >= 4 is 29.4 Å². The predicted octanol–water partition coefficient (Wildman–Crippen LogP) is 2.87. The summed E-state index contributed by atoms with van der Waals surface area (Å²) >= 11 is 6.45. The van der Waals surface area contributed by atoms with Crippen LogP contribution in [0.25, 0.3) is 11.3 Å². The maximum Gasteiger partial charge on any atom is 0.255 e. The molecule has 4 rings (SSSR count). The Morgan fingerprint density at radius 3 is 2.74 bits per heavy atom. The van der Waals surface area contributed by atoms with Gasteiger partial charge < -0.3 is 25.4 Å². The Hall–Kier alpha value is -2.75. The van der Waals surface area contributed by atoms with Crippen molar-refractivity contribution in [1.82, 2.24) is 20.2 Å². The molecule has 0 spiro atoms. The quantitative estimate of drug-likeness (QED) is 0.534. The number of carbonyl (C=O) groups is 2. The van der Waals surface area contributed by atoms with Crippen molar-refractivity contribution in [3.8, 4) is 11.3 Å². The van der Waals surface area contributed by atoms with Crippen molar-refractivity contribution in [2.24, 2.45) is 5.41 Å². The molecule has 2 aliphatic heterocycles. The van der Waals surface area contributed by atoms with Crippen LogP contribution < -0.4 is 10.6 Å². The SMILES string of the molecule is CC(C)(C)C(C(=O)NCCO)N1Cc2ccc(-c3nc(NC4CCOCC4)ncc3Cl)cc2C1=O. The van der Waals surface area contributed by atoms with E-state index in [0.717, 1.165) is 18.4 Å². The fourth-order valence-corrected chi connectivity index (χ4v) is 4.82. The van der Waals surface area contributed by atoms with E-state index in [1.165, 1.54) is 0 Å². The van der Waals surface area contributed by atoms with E-state index in [0.29, 0.717) is 47.6 Å². The maximum absolute atomic E-state index is 13.5. The Labute approximate surface area is 210 Å². The first-order valence-corrected chi connectivity index (χ1v) is 12.3. The fraction of sp³-hybridized carbons (Fsp3) is 0.520. The topological polar surface area (TPSA) is 117 Å². The molecule has 0 saturated carbocycles. The van der Waals surface area contributed by atoms with E-state index in [2.05, 4.69) is 20.6 Å². The van der Waals surface area contributed by atoms with Crippen LogP contribution in [-0.4, -0.2) is 70.2 Å². The highest BCUT2D eigenvalue weighted by molar-refractivity contribution is 6.33. The number of aliphatic hydroxyl groups excluding tert-OH is 1. The van der Waals surface area contributed by atoms with Crippen LogP contribution in [0.2, 0.25) is 5.02 Å². The molecule has 0 aliphatic carbocycles. The second-order valence-corrected chi connectivity index (χ2v) is 10.4. The summed E-state index contributed by atoms with van der Waals surface area (Å²) in [6.45, 7) is 7.48. The number of aromatic nitrogens is 2. The molecule has 10 heteroatoms. The number of hydrogen-bond acceptors (Lipinski definition) is 7. The number of halogens is 1. The van der Waals surface area contributed by atoms with Crippen molar-refractivity contribution in [2.45, 2.75) is 52.2 Å². The van der Waals surface area contributed by atoms with Crippen molar-refractivity contribution in [2.75, 3.05) is 31.7 Å². The molecule has 9 nitrogen and oxygen atoms in total. The summed E-state index contributed by atoms with van der Waals surface area (Å²) in [6.07, 6.45) is 3.32. The Morgan fingerprint density at radius 1 is 1.31 bits per heavy atom. The number of carbonyl (C=O) groups excluding carboxylic acids is 2. The van der Waals surface area contributed by atoms with Crippen LogP contribution in [0.15, 0.2) is 24.4 Å². The maximum atomic E-state index is 13.5. The van der Waals surface area contributed by atoms with Gasteiger partial charge >= 0.3 is 0 Å². The molecule has 1 saturated heterocycles. The number of anilines is 1.